The highest BCUT2D eigenvalue weighted by atomic mass is 16.6. The fourth-order valence-electron chi connectivity index (χ4n) is 6.35. The lowest BCUT2D eigenvalue weighted by Gasteiger charge is -2.43. The first-order chi connectivity index (χ1) is 24.8. The number of piperidine rings is 3. The van der Waals surface area contributed by atoms with E-state index in [1.807, 2.05) is 54.6 Å². The van der Waals surface area contributed by atoms with Crippen LogP contribution in [0.2, 0.25) is 0 Å². The highest BCUT2D eigenvalue weighted by Gasteiger charge is 2.37. The van der Waals surface area contributed by atoms with E-state index in [0.29, 0.717) is 28.5 Å². The van der Waals surface area contributed by atoms with Gasteiger partial charge in [-0.05, 0) is 97.1 Å². The van der Waals surface area contributed by atoms with Gasteiger partial charge in [-0.25, -0.2) is 14.4 Å². The smallest absolute Gasteiger partial charge is 0.408 e. The summed E-state index contributed by atoms with van der Waals surface area (Å²) in [6.45, 7) is 3.42. The molecule has 3 saturated heterocycles. The van der Waals surface area contributed by atoms with Gasteiger partial charge < -0.3 is 29.7 Å². The van der Waals surface area contributed by atoms with Gasteiger partial charge in [0.25, 0.3) is 0 Å². The standard InChI is InChI=1S/C40H42N4O7/c1-43(39(47)41-34-16-12-28(26-45)13-17-34)22-23-49-38(46)32-14-10-29(11-15-32)27-50-35-9-5-8-33(24-35)37(31-6-3-2-4-7-31)42-40(48)51-36-25-44-20-18-30(36)19-21-44/h2-17,24,26,30,36-37H,18-23,25,27H2,1H3,(H,41,47)(H,42,48)/t36-,37?/m0/s1. The zero-order chi connectivity index (χ0) is 35.6. The van der Waals surface area contributed by atoms with Gasteiger partial charge >= 0.3 is 18.1 Å². The van der Waals surface area contributed by atoms with Crippen LogP contribution in [0, 0.1) is 5.92 Å². The first-order valence-electron chi connectivity index (χ1n) is 17.2. The van der Waals surface area contributed by atoms with Gasteiger partial charge in [-0.15, -0.1) is 0 Å². The van der Waals surface area contributed by atoms with Crippen molar-refractivity contribution in [1.82, 2.24) is 15.1 Å². The molecule has 7 rings (SSSR count). The zero-order valence-corrected chi connectivity index (χ0v) is 28.5. The molecule has 3 heterocycles. The Morgan fingerprint density at radius 2 is 1.63 bits per heavy atom. The van der Waals surface area contributed by atoms with Crippen LogP contribution in [-0.2, 0) is 16.1 Å². The summed E-state index contributed by atoms with van der Waals surface area (Å²) in [7, 11) is 1.60. The average molecular weight is 691 g/mol. The van der Waals surface area contributed by atoms with E-state index in [9.17, 15) is 19.2 Å². The number of nitrogens with one attached hydrogen (secondary N) is 2. The largest absolute Gasteiger partial charge is 0.489 e. The number of amides is 3. The van der Waals surface area contributed by atoms with Crippen molar-refractivity contribution in [3.63, 3.8) is 0 Å². The predicted octanol–water partition coefficient (Wildman–Crippen LogP) is 6.31. The number of urea groups is 1. The first kappa shape index (κ1) is 35.2. The third-order valence-electron chi connectivity index (χ3n) is 9.34. The number of nitrogens with zero attached hydrogens (tertiary/aromatic N) is 2. The van der Waals surface area contributed by atoms with Crippen molar-refractivity contribution in [2.45, 2.75) is 31.6 Å². The number of aldehydes is 1. The molecule has 51 heavy (non-hydrogen) atoms. The normalized spacial score (nSPS) is 18.2. The Bertz CT molecular complexity index is 1790. The number of hydrogen-bond donors (Lipinski definition) is 2. The van der Waals surface area contributed by atoms with Crippen LogP contribution < -0.4 is 15.4 Å². The number of hydrogen-bond acceptors (Lipinski definition) is 8. The lowest BCUT2D eigenvalue weighted by Crippen LogP contribution is -2.52. The molecule has 0 aromatic heterocycles. The topological polar surface area (TPSA) is 127 Å². The molecule has 0 aliphatic carbocycles. The molecule has 11 nitrogen and oxygen atoms in total. The second-order valence-corrected chi connectivity index (χ2v) is 12.9. The van der Waals surface area contributed by atoms with Crippen molar-refractivity contribution in [2.75, 3.05) is 45.2 Å². The van der Waals surface area contributed by atoms with Crippen LogP contribution in [0.25, 0.3) is 0 Å². The van der Waals surface area contributed by atoms with E-state index >= 15 is 0 Å². The average Bonchev–Trinajstić information content (AvgIpc) is 3.17. The number of rotatable bonds is 13. The van der Waals surface area contributed by atoms with Crippen LogP contribution in [0.5, 0.6) is 5.75 Å². The van der Waals surface area contributed by atoms with E-state index in [1.54, 1.807) is 55.6 Å². The molecule has 0 saturated carbocycles. The van der Waals surface area contributed by atoms with Gasteiger partial charge in [0.2, 0.25) is 0 Å². The summed E-state index contributed by atoms with van der Waals surface area (Å²) in [6.07, 6.45) is 2.34. The number of carbonyl (C=O) groups excluding carboxylic acids is 4. The summed E-state index contributed by atoms with van der Waals surface area (Å²) in [5.74, 6) is 0.553. The molecule has 11 heteroatoms. The molecular weight excluding hydrogens is 648 g/mol. The molecule has 2 atom stereocenters. The summed E-state index contributed by atoms with van der Waals surface area (Å²) >= 11 is 0. The quantitative estimate of drug-likeness (QED) is 0.124. The van der Waals surface area contributed by atoms with E-state index in [4.69, 9.17) is 14.2 Å². The van der Waals surface area contributed by atoms with E-state index in [-0.39, 0.29) is 31.9 Å². The third-order valence-corrected chi connectivity index (χ3v) is 9.34. The highest BCUT2D eigenvalue weighted by Crippen LogP contribution is 2.31. The van der Waals surface area contributed by atoms with Gasteiger partial charge in [0.05, 0.1) is 18.2 Å². The Hall–Kier alpha value is -5.68. The van der Waals surface area contributed by atoms with Crippen LogP contribution >= 0.6 is 0 Å². The number of ether oxygens (including phenoxy) is 3. The first-order valence-corrected chi connectivity index (χ1v) is 17.2. The van der Waals surface area contributed by atoms with Crippen LogP contribution in [-0.4, -0.2) is 80.1 Å². The van der Waals surface area contributed by atoms with Crippen molar-refractivity contribution in [3.05, 3.63) is 131 Å². The monoisotopic (exact) mass is 690 g/mol. The summed E-state index contributed by atoms with van der Waals surface area (Å²) in [5, 5.41) is 5.83. The molecule has 3 fully saturated rings. The maximum atomic E-state index is 13.2. The van der Waals surface area contributed by atoms with E-state index < -0.39 is 18.1 Å². The maximum Gasteiger partial charge on any atom is 0.408 e. The summed E-state index contributed by atoms with van der Waals surface area (Å²) in [6, 6.07) is 30.1. The minimum atomic E-state index is -0.500. The van der Waals surface area contributed by atoms with Crippen molar-refractivity contribution in [2.24, 2.45) is 5.92 Å². The Morgan fingerprint density at radius 3 is 2.31 bits per heavy atom. The molecule has 1 unspecified atom stereocenters. The fourth-order valence-corrected chi connectivity index (χ4v) is 6.35. The van der Waals surface area contributed by atoms with Gasteiger partial charge in [0.15, 0.2) is 0 Å². The summed E-state index contributed by atoms with van der Waals surface area (Å²) in [5.41, 5.74) is 4.09. The van der Waals surface area contributed by atoms with Crippen molar-refractivity contribution >= 4 is 30.1 Å². The Kier molecular flexibility index (Phi) is 11.6. The number of benzene rings is 4. The van der Waals surface area contributed by atoms with E-state index in [2.05, 4.69) is 15.5 Å². The SMILES string of the molecule is CN(CCOC(=O)c1ccc(COc2cccc(C(NC(=O)O[C@H]3CN4CCC3CC4)c3ccccc3)c2)cc1)C(=O)Nc1ccc(C=O)cc1. The minimum Gasteiger partial charge on any atom is -0.489 e. The van der Waals surface area contributed by atoms with Gasteiger partial charge in [-0.3, -0.25) is 9.69 Å². The Balaban J connectivity index is 0.989. The molecule has 3 aliphatic heterocycles. The van der Waals surface area contributed by atoms with Crippen LogP contribution in [0.1, 0.15) is 56.3 Å². The maximum absolute atomic E-state index is 13.2. The van der Waals surface area contributed by atoms with E-state index in [0.717, 1.165) is 55.5 Å². The van der Waals surface area contributed by atoms with Crippen LogP contribution in [0.4, 0.5) is 15.3 Å². The van der Waals surface area contributed by atoms with Crippen molar-refractivity contribution in [1.29, 1.82) is 0 Å². The number of anilines is 1. The summed E-state index contributed by atoms with van der Waals surface area (Å²) in [4.78, 5) is 52.8. The Labute approximate surface area is 297 Å². The minimum absolute atomic E-state index is 0.0181. The molecule has 0 spiro atoms. The lowest BCUT2D eigenvalue weighted by molar-refractivity contribution is -0.0336. The van der Waals surface area contributed by atoms with Gasteiger partial charge in [-0.1, -0.05) is 54.6 Å². The molecule has 2 N–H and O–H groups in total. The number of fused-ring (bicyclic) bond motifs is 3. The molecule has 4 aromatic rings. The molecular formula is C40H42N4O7. The summed E-state index contributed by atoms with van der Waals surface area (Å²) < 4.78 is 17.4. The second kappa shape index (κ2) is 16.8. The predicted molar refractivity (Wildman–Crippen MR) is 192 cm³/mol. The van der Waals surface area contributed by atoms with Gasteiger partial charge in [-0.2, -0.15) is 0 Å². The third kappa shape index (κ3) is 9.52. The molecule has 3 aliphatic rings. The molecule has 4 aromatic carbocycles. The van der Waals surface area contributed by atoms with E-state index in [1.165, 1.54) is 4.90 Å². The van der Waals surface area contributed by atoms with Gasteiger partial charge in [0.1, 0.15) is 31.4 Å². The van der Waals surface area contributed by atoms with Crippen LogP contribution in [0.15, 0.2) is 103 Å². The van der Waals surface area contributed by atoms with Crippen molar-refractivity contribution < 1.29 is 33.4 Å². The van der Waals surface area contributed by atoms with Crippen LogP contribution in [0.3, 0.4) is 0 Å². The molecule has 0 radical (unpaired) electrons. The second-order valence-electron chi connectivity index (χ2n) is 12.9. The number of alkyl carbamates (subject to hydrolysis) is 1. The van der Waals surface area contributed by atoms with Crippen molar-refractivity contribution in [3.8, 4) is 5.75 Å². The zero-order valence-electron chi connectivity index (χ0n) is 28.5. The number of esters is 1. The van der Waals surface area contributed by atoms with Gasteiger partial charge in [0, 0.05) is 24.8 Å². The highest BCUT2D eigenvalue weighted by molar-refractivity contribution is 5.90. The fraction of sp³-hybridized carbons (Fsp3) is 0.300. The molecule has 3 amide bonds. The molecule has 2 bridgehead atoms. The lowest BCUT2D eigenvalue weighted by atomic mass is 9.86. The number of likely N-dealkylation sites (N-methyl/N-ethyl adjacent to an activating group) is 1. The molecule has 264 valence electrons. The number of carbonyl (C=O) groups is 4. The Morgan fingerprint density at radius 1 is 0.902 bits per heavy atom.